The quantitative estimate of drug-likeness (QED) is 0.646. The van der Waals surface area contributed by atoms with Gasteiger partial charge < -0.3 is 0 Å². The van der Waals surface area contributed by atoms with Gasteiger partial charge in [-0.05, 0) is 67.8 Å². The Morgan fingerprint density at radius 2 is 1.22 bits per heavy atom. The minimum atomic E-state index is -0.535. The lowest BCUT2D eigenvalue weighted by atomic mass is 9.64. The van der Waals surface area contributed by atoms with Crippen LogP contribution in [0.5, 0.6) is 0 Å². The average molecular weight is 333 g/mol. The molecule has 2 rings (SSSR count). The molecule has 0 saturated carbocycles. The van der Waals surface area contributed by atoms with Crippen molar-refractivity contribution in [2.45, 2.75) is 78.9 Å². The molecule has 0 spiro atoms. The van der Waals surface area contributed by atoms with E-state index in [1.807, 2.05) is 0 Å². The van der Waals surface area contributed by atoms with Crippen molar-refractivity contribution in [3.8, 4) is 0 Å². The summed E-state index contributed by atoms with van der Waals surface area (Å²) in [6.07, 6.45) is 0. The van der Waals surface area contributed by atoms with Gasteiger partial charge >= 0.3 is 6.98 Å². The number of rotatable bonds is 2. The third-order valence-corrected chi connectivity index (χ3v) is 7.10. The van der Waals surface area contributed by atoms with Crippen molar-refractivity contribution < 1.29 is 0 Å². The van der Waals surface area contributed by atoms with Crippen LogP contribution >= 0.6 is 8.37 Å². The summed E-state index contributed by atoms with van der Waals surface area (Å²) in [5, 5.41) is 3.89. The molecular formula is C18H33BN3P. The second kappa shape index (κ2) is 6.15. The van der Waals surface area contributed by atoms with E-state index >= 15 is 0 Å². The summed E-state index contributed by atoms with van der Waals surface area (Å²) in [4.78, 5) is 0. The lowest BCUT2D eigenvalue weighted by Gasteiger charge is -2.65. The molecule has 0 bridgehead atoms. The lowest BCUT2D eigenvalue weighted by Crippen LogP contribution is -2.76. The Bertz CT molecular complexity index is 506. The molecule has 128 valence electrons. The van der Waals surface area contributed by atoms with Crippen molar-refractivity contribution in [3.63, 3.8) is 0 Å². The first-order valence-corrected chi connectivity index (χ1v) is 9.78. The minimum absolute atomic E-state index is 0.0976. The van der Waals surface area contributed by atoms with Crippen LogP contribution < -0.4 is 10.6 Å². The smallest absolute Gasteiger partial charge is 0.273 e. The van der Waals surface area contributed by atoms with Gasteiger partial charge in [0.05, 0.1) is 8.37 Å². The number of hydrogen-bond acceptors (Lipinski definition) is 3. The predicted molar refractivity (Wildman–Crippen MR) is 105 cm³/mol. The first kappa shape index (κ1) is 18.9. The third kappa shape index (κ3) is 4.17. The molecule has 1 aliphatic heterocycles. The van der Waals surface area contributed by atoms with E-state index in [0.717, 1.165) is 0 Å². The fourth-order valence-corrected chi connectivity index (χ4v) is 5.88. The highest BCUT2D eigenvalue weighted by molar-refractivity contribution is 7.59. The van der Waals surface area contributed by atoms with Gasteiger partial charge in [-0.3, -0.25) is 14.3 Å². The molecule has 1 aromatic rings. The van der Waals surface area contributed by atoms with E-state index in [9.17, 15) is 0 Å². The summed E-state index contributed by atoms with van der Waals surface area (Å²) < 4.78 is 5.32. The normalized spacial score (nSPS) is 19.1. The van der Waals surface area contributed by atoms with Crippen LogP contribution in [-0.4, -0.2) is 32.8 Å². The minimum Gasteiger partial charge on any atom is -0.273 e. The maximum absolute atomic E-state index is 3.89. The van der Waals surface area contributed by atoms with Gasteiger partial charge in [0.1, 0.15) is 0 Å². The van der Waals surface area contributed by atoms with Crippen molar-refractivity contribution in [1.29, 1.82) is 0 Å². The van der Waals surface area contributed by atoms with Crippen LogP contribution in [0.25, 0.3) is 0 Å². The first-order chi connectivity index (χ1) is 10.3. The zero-order valence-electron chi connectivity index (χ0n) is 16.3. The van der Waals surface area contributed by atoms with Gasteiger partial charge in [-0.1, -0.05) is 30.3 Å². The molecular weight excluding hydrogens is 300 g/mol. The monoisotopic (exact) mass is 333 g/mol. The van der Waals surface area contributed by atoms with Gasteiger partial charge in [-0.25, -0.2) is 0 Å². The second-order valence-electron chi connectivity index (χ2n) is 9.47. The Balaban J connectivity index is 2.45. The van der Waals surface area contributed by atoms with Gasteiger partial charge in [0.25, 0.3) is 0 Å². The van der Waals surface area contributed by atoms with Crippen LogP contribution in [0.3, 0.4) is 0 Å². The molecule has 23 heavy (non-hydrogen) atoms. The van der Waals surface area contributed by atoms with Crippen LogP contribution in [0.1, 0.15) is 62.3 Å². The molecule has 1 N–H and O–H groups in total. The number of nitrogens with zero attached hydrogens (tertiary/aromatic N) is 2. The fourth-order valence-electron chi connectivity index (χ4n) is 2.98. The van der Waals surface area contributed by atoms with Crippen LogP contribution in [0.2, 0.25) is 0 Å². The summed E-state index contributed by atoms with van der Waals surface area (Å²) in [5.41, 5.74) is 1.71. The van der Waals surface area contributed by atoms with Crippen LogP contribution in [0.15, 0.2) is 30.3 Å². The van der Waals surface area contributed by atoms with Gasteiger partial charge in [0, 0.05) is 16.6 Å². The van der Waals surface area contributed by atoms with E-state index in [0.29, 0.717) is 6.98 Å². The molecule has 0 aliphatic carbocycles. The molecule has 1 aliphatic rings. The van der Waals surface area contributed by atoms with Crippen LogP contribution in [-0.2, 0) is 0 Å². The molecule has 1 saturated heterocycles. The number of nitrogens with one attached hydrogen (secondary N) is 1. The largest absolute Gasteiger partial charge is 0.358 e. The zero-order valence-corrected chi connectivity index (χ0v) is 17.2. The Kier molecular flexibility index (Phi) is 5.06. The van der Waals surface area contributed by atoms with Gasteiger partial charge in [-0.2, -0.15) is 0 Å². The Morgan fingerprint density at radius 3 is 1.57 bits per heavy atom. The summed E-state index contributed by atoms with van der Waals surface area (Å²) in [6, 6.07) is 10.9. The highest BCUT2D eigenvalue weighted by Gasteiger charge is 2.59. The average Bonchev–Trinajstić information content (AvgIpc) is 2.30. The third-order valence-electron chi connectivity index (χ3n) is 3.78. The van der Waals surface area contributed by atoms with E-state index in [4.69, 9.17) is 0 Å². The van der Waals surface area contributed by atoms with E-state index in [2.05, 4.69) is 107 Å². The lowest BCUT2D eigenvalue weighted by molar-refractivity contribution is 0.246. The molecule has 0 radical (unpaired) electrons. The Hall–Kier alpha value is -0.405. The summed E-state index contributed by atoms with van der Waals surface area (Å²) in [5.74, 6) is 0. The van der Waals surface area contributed by atoms with E-state index in [1.54, 1.807) is 0 Å². The molecule has 1 heterocycles. The highest BCUT2D eigenvalue weighted by atomic mass is 31.2. The Labute approximate surface area is 144 Å². The standard InChI is InChI=1S/C18H33BN3P/c1-16(2,3)20-23-21(17(4,5)6)19(22(23)18(7,8)9)15-13-11-10-12-14-15/h10-14,20H,1-9H3. The first-order valence-electron chi connectivity index (χ1n) is 8.54. The zero-order chi connectivity index (χ0) is 17.6. The summed E-state index contributed by atoms with van der Waals surface area (Å²) in [7, 11) is -0.535. The van der Waals surface area contributed by atoms with Gasteiger partial charge in [0.15, 0.2) is 0 Å². The predicted octanol–water partition coefficient (Wildman–Crippen LogP) is 4.21. The summed E-state index contributed by atoms with van der Waals surface area (Å²) >= 11 is 0. The molecule has 0 atom stereocenters. The highest BCUT2D eigenvalue weighted by Crippen LogP contribution is 2.59. The van der Waals surface area contributed by atoms with Crippen LogP contribution in [0.4, 0.5) is 0 Å². The van der Waals surface area contributed by atoms with Gasteiger partial charge in [-0.15, -0.1) is 0 Å². The van der Waals surface area contributed by atoms with Crippen LogP contribution in [0, 0.1) is 0 Å². The van der Waals surface area contributed by atoms with Crippen molar-refractivity contribution >= 4 is 20.8 Å². The number of benzene rings is 1. The van der Waals surface area contributed by atoms with E-state index in [1.165, 1.54) is 5.46 Å². The Morgan fingerprint density at radius 1 is 0.783 bits per heavy atom. The SMILES string of the molecule is CC(C)(C)NP1N(C(C)(C)C)B(c2ccccc2)N1C(C)(C)C. The second-order valence-corrected chi connectivity index (χ2v) is 11.1. The summed E-state index contributed by atoms with van der Waals surface area (Å²) in [6.45, 7) is 21.0. The maximum Gasteiger partial charge on any atom is 0.358 e. The molecule has 1 aromatic carbocycles. The van der Waals surface area contributed by atoms with Gasteiger partial charge in [0.2, 0.25) is 0 Å². The molecule has 3 nitrogen and oxygen atoms in total. The topological polar surface area (TPSA) is 18.5 Å². The van der Waals surface area contributed by atoms with E-state index < -0.39 is 8.37 Å². The molecule has 0 amide bonds. The molecule has 1 fully saturated rings. The van der Waals surface area contributed by atoms with Crippen molar-refractivity contribution in [3.05, 3.63) is 30.3 Å². The van der Waals surface area contributed by atoms with Crippen molar-refractivity contribution in [2.75, 3.05) is 0 Å². The fraction of sp³-hybridized carbons (Fsp3) is 0.667. The molecule has 5 heteroatoms. The molecule has 0 unspecified atom stereocenters. The van der Waals surface area contributed by atoms with E-state index in [-0.39, 0.29) is 16.6 Å². The van der Waals surface area contributed by atoms with Crippen molar-refractivity contribution in [1.82, 2.24) is 14.3 Å². The maximum atomic E-state index is 3.89. The number of hydrogen-bond donors (Lipinski definition) is 1. The molecule has 0 aromatic heterocycles. The van der Waals surface area contributed by atoms with Crippen molar-refractivity contribution in [2.24, 2.45) is 0 Å².